The highest BCUT2D eigenvalue weighted by atomic mass is 32.2. The monoisotopic (exact) mass is 524 g/mol. The molecule has 2 aliphatic carbocycles. The number of pyridine rings is 1. The molecule has 0 amide bonds. The maximum absolute atomic E-state index is 11.3. The number of hydrogen-bond acceptors (Lipinski definition) is 9. The summed E-state index contributed by atoms with van der Waals surface area (Å²) in [6.45, 7) is 9.00. The lowest BCUT2D eigenvalue weighted by atomic mass is 9.63. The molecule has 6 heterocycles. The molecule has 3 aliphatic heterocycles. The molecule has 2 saturated carbocycles. The van der Waals surface area contributed by atoms with Crippen LogP contribution in [0.3, 0.4) is 0 Å². The minimum absolute atomic E-state index is 0.0242. The van der Waals surface area contributed by atoms with E-state index in [1.165, 1.54) is 24.1 Å². The molecule has 4 unspecified atom stereocenters. The average Bonchev–Trinajstić information content (AvgIpc) is 3.63. The molecule has 5 aliphatic rings. The van der Waals surface area contributed by atoms with Crippen molar-refractivity contribution in [3.63, 3.8) is 0 Å². The van der Waals surface area contributed by atoms with Gasteiger partial charge in [-0.1, -0.05) is 6.92 Å². The topological polar surface area (TPSA) is 134 Å². The molecule has 0 aromatic carbocycles. The van der Waals surface area contributed by atoms with Crippen LogP contribution in [0, 0.1) is 24.2 Å². The predicted octanol–water partition coefficient (Wildman–Crippen LogP) is 3.34. The summed E-state index contributed by atoms with van der Waals surface area (Å²) in [4.78, 5) is 23.4. The lowest BCUT2D eigenvalue weighted by Crippen LogP contribution is -2.44. The van der Waals surface area contributed by atoms with E-state index in [0.29, 0.717) is 43.1 Å². The van der Waals surface area contributed by atoms with Gasteiger partial charge in [0.25, 0.3) is 5.95 Å². The number of hydrogen-bond donors (Lipinski definition) is 3. The van der Waals surface area contributed by atoms with Crippen molar-refractivity contribution in [1.82, 2.24) is 29.8 Å². The lowest BCUT2D eigenvalue weighted by molar-refractivity contribution is -0.152. The Hall–Kier alpha value is -2.86. The van der Waals surface area contributed by atoms with Gasteiger partial charge in [0.2, 0.25) is 0 Å². The highest BCUT2D eigenvalue weighted by Gasteiger charge is 2.66. The van der Waals surface area contributed by atoms with Gasteiger partial charge < -0.3 is 14.7 Å². The Labute approximate surface area is 218 Å². The van der Waals surface area contributed by atoms with Crippen molar-refractivity contribution in [2.75, 3.05) is 29.3 Å². The second-order valence-electron chi connectivity index (χ2n) is 11.7. The normalized spacial score (nSPS) is 34.5. The van der Waals surface area contributed by atoms with Gasteiger partial charge in [-0.25, -0.2) is 9.50 Å². The molecule has 196 valence electrons. The summed E-state index contributed by atoms with van der Waals surface area (Å²) in [5, 5.41) is 22.0. The van der Waals surface area contributed by atoms with Crippen molar-refractivity contribution in [3.8, 4) is 0 Å². The number of ether oxygens (including phenoxy) is 1. The summed E-state index contributed by atoms with van der Waals surface area (Å²) < 4.78 is 11.5. The molecular formula is C25H32N8O3S. The molecule has 3 aromatic rings. The Bertz CT molecular complexity index is 1380. The van der Waals surface area contributed by atoms with Crippen molar-refractivity contribution in [3.05, 3.63) is 29.5 Å². The molecule has 3 aromatic heterocycles. The summed E-state index contributed by atoms with van der Waals surface area (Å²) >= 11 is 1.49. The molecule has 11 nitrogen and oxygen atoms in total. The van der Waals surface area contributed by atoms with E-state index in [-0.39, 0.29) is 11.2 Å². The number of fused-ring (bicyclic) bond motifs is 2. The third-order valence-corrected chi connectivity index (χ3v) is 9.82. The van der Waals surface area contributed by atoms with Crippen molar-refractivity contribution in [2.45, 2.75) is 63.2 Å². The Morgan fingerprint density at radius 1 is 1.32 bits per heavy atom. The van der Waals surface area contributed by atoms with E-state index >= 15 is 0 Å². The number of carboxylic acids is 1. The third kappa shape index (κ3) is 3.55. The number of H-pyrrole nitrogens is 1. The highest BCUT2D eigenvalue weighted by Crippen LogP contribution is 2.63. The fourth-order valence-corrected chi connectivity index (χ4v) is 7.87. The zero-order valence-corrected chi connectivity index (χ0v) is 22.1. The predicted molar refractivity (Wildman–Crippen MR) is 139 cm³/mol. The zero-order valence-electron chi connectivity index (χ0n) is 21.3. The van der Waals surface area contributed by atoms with E-state index in [1.807, 2.05) is 4.52 Å². The number of anilines is 2. The summed E-state index contributed by atoms with van der Waals surface area (Å²) in [6, 6.07) is 2.22. The second kappa shape index (κ2) is 8.07. The standard InChI is InChI=1S/C25H32N8O3S/c1-13-4-5-32(10-13)16-6-14(2)20-27-21(30-33(20)11-16)25-7-15(12-36-25)18(25)19-26-23(29-28-19)31-37-17-8-24(3,9-17)22(34)35/h6,11,13,15,17-18H,4-5,7-10,12H2,1-3H3,(H,34,35)(H2,26,28,29,31). The quantitative estimate of drug-likeness (QED) is 0.395. The van der Waals surface area contributed by atoms with Gasteiger partial charge in [0.15, 0.2) is 11.5 Å². The Morgan fingerprint density at radius 3 is 2.89 bits per heavy atom. The number of carboxylic acid groups (broad SMARTS) is 1. The molecule has 2 bridgehead atoms. The van der Waals surface area contributed by atoms with Crippen LogP contribution in [0.15, 0.2) is 12.3 Å². The van der Waals surface area contributed by atoms with Crippen molar-refractivity contribution in [1.29, 1.82) is 0 Å². The van der Waals surface area contributed by atoms with Crippen LogP contribution in [0.25, 0.3) is 5.65 Å². The molecule has 5 fully saturated rings. The smallest absolute Gasteiger partial charge is 0.309 e. The molecule has 3 N–H and O–H groups in total. The second-order valence-corrected chi connectivity index (χ2v) is 12.8. The Balaban J connectivity index is 1.09. The van der Waals surface area contributed by atoms with Gasteiger partial charge in [-0.2, -0.15) is 4.98 Å². The number of nitrogens with one attached hydrogen (secondary N) is 2. The van der Waals surface area contributed by atoms with Gasteiger partial charge >= 0.3 is 5.97 Å². The lowest BCUT2D eigenvalue weighted by Gasteiger charge is -2.41. The molecule has 8 rings (SSSR count). The third-order valence-electron chi connectivity index (χ3n) is 8.85. The number of aromatic nitrogens is 6. The van der Waals surface area contributed by atoms with Crippen LogP contribution >= 0.6 is 11.9 Å². The van der Waals surface area contributed by atoms with Crippen molar-refractivity contribution < 1.29 is 14.6 Å². The Kier molecular flexibility index (Phi) is 5.07. The van der Waals surface area contributed by atoms with Crippen LogP contribution < -0.4 is 9.62 Å². The summed E-state index contributed by atoms with van der Waals surface area (Å²) in [5.74, 6) is 2.36. The number of aromatic amines is 1. The average molecular weight is 525 g/mol. The van der Waals surface area contributed by atoms with Crippen molar-refractivity contribution >= 4 is 35.2 Å². The van der Waals surface area contributed by atoms with Crippen LogP contribution in [-0.2, 0) is 15.1 Å². The molecule has 4 atom stereocenters. The van der Waals surface area contributed by atoms with Gasteiger partial charge in [0.05, 0.1) is 29.8 Å². The van der Waals surface area contributed by atoms with E-state index in [4.69, 9.17) is 19.8 Å². The van der Waals surface area contributed by atoms with Gasteiger partial charge in [-0.3, -0.25) is 14.6 Å². The Morgan fingerprint density at radius 2 is 2.16 bits per heavy atom. The highest BCUT2D eigenvalue weighted by molar-refractivity contribution is 8.01. The molecule has 37 heavy (non-hydrogen) atoms. The molecular weight excluding hydrogens is 492 g/mol. The van der Waals surface area contributed by atoms with E-state index in [9.17, 15) is 9.90 Å². The zero-order chi connectivity index (χ0) is 25.5. The van der Waals surface area contributed by atoms with E-state index in [0.717, 1.165) is 36.5 Å². The first-order valence-corrected chi connectivity index (χ1v) is 14.0. The largest absolute Gasteiger partial charge is 0.481 e. The van der Waals surface area contributed by atoms with Crippen LogP contribution in [0.1, 0.15) is 62.7 Å². The van der Waals surface area contributed by atoms with Gasteiger partial charge in [0.1, 0.15) is 11.4 Å². The van der Waals surface area contributed by atoms with Crippen LogP contribution in [0.4, 0.5) is 11.6 Å². The van der Waals surface area contributed by atoms with Crippen LogP contribution in [-0.4, -0.2) is 65.8 Å². The molecule has 0 spiro atoms. The fourth-order valence-electron chi connectivity index (χ4n) is 6.60. The summed E-state index contributed by atoms with van der Waals surface area (Å²) in [5.41, 5.74) is 1.95. The van der Waals surface area contributed by atoms with Crippen molar-refractivity contribution in [2.24, 2.45) is 17.3 Å². The SMILES string of the molecule is Cc1cc(N2CCC(C)C2)cn2nc(C34CC(CO3)C4c3nc(NSC4CC(C)(C(=O)O)C4)n[nH]3)nc12. The molecule has 3 saturated heterocycles. The minimum Gasteiger partial charge on any atom is -0.481 e. The maximum atomic E-state index is 11.3. The molecule has 0 radical (unpaired) electrons. The number of nitrogens with zero attached hydrogens (tertiary/aromatic N) is 6. The number of rotatable bonds is 7. The van der Waals surface area contributed by atoms with Gasteiger partial charge in [-0.15, -0.1) is 10.2 Å². The fraction of sp³-hybridized carbons (Fsp3) is 0.640. The minimum atomic E-state index is -0.729. The first-order valence-electron chi connectivity index (χ1n) is 13.1. The number of aliphatic carboxylic acids is 1. The first kappa shape index (κ1) is 23.3. The van der Waals surface area contributed by atoms with E-state index < -0.39 is 17.0 Å². The van der Waals surface area contributed by atoms with Crippen LogP contribution in [0.2, 0.25) is 0 Å². The van der Waals surface area contributed by atoms with Gasteiger partial charge in [-0.05, 0) is 74.9 Å². The first-order chi connectivity index (χ1) is 17.7. The summed E-state index contributed by atoms with van der Waals surface area (Å²) in [6.07, 6.45) is 5.46. The maximum Gasteiger partial charge on any atom is 0.309 e. The van der Waals surface area contributed by atoms with E-state index in [1.54, 1.807) is 6.92 Å². The van der Waals surface area contributed by atoms with Gasteiger partial charge in [0, 0.05) is 18.3 Å². The number of aryl methyl sites for hydroxylation is 1. The van der Waals surface area contributed by atoms with E-state index in [2.05, 4.69) is 45.9 Å². The van der Waals surface area contributed by atoms with Crippen LogP contribution in [0.5, 0.6) is 0 Å². The molecule has 12 heteroatoms. The summed E-state index contributed by atoms with van der Waals surface area (Å²) in [7, 11) is 0. The number of carbonyl (C=O) groups is 1.